The molecule has 0 aliphatic heterocycles. The van der Waals surface area contributed by atoms with Gasteiger partial charge in [-0.25, -0.2) is 0 Å². The number of benzene rings is 3. The van der Waals surface area contributed by atoms with Crippen LogP contribution in [0.25, 0.3) is 0 Å². The van der Waals surface area contributed by atoms with Gasteiger partial charge in [0.25, 0.3) is 0 Å². The average Bonchev–Trinajstić information content (AvgIpc) is 2.78. The summed E-state index contributed by atoms with van der Waals surface area (Å²) in [5.74, 6) is 0.771. The zero-order chi connectivity index (χ0) is 21.0. The van der Waals surface area contributed by atoms with Gasteiger partial charge in [-0.1, -0.05) is 72.8 Å². The Morgan fingerprint density at radius 2 is 1.33 bits per heavy atom. The van der Waals surface area contributed by atoms with Crippen molar-refractivity contribution in [2.75, 3.05) is 26.9 Å². The van der Waals surface area contributed by atoms with E-state index < -0.39 is 6.10 Å². The lowest BCUT2D eigenvalue weighted by molar-refractivity contribution is 0.0628. The van der Waals surface area contributed by atoms with Crippen LogP contribution in [-0.2, 0) is 24.2 Å². The van der Waals surface area contributed by atoms with Gasteiger partial charge in [0.2, 0.25) is 0 Å². The number of methoxy groups -OCH3 is 1. The average molecular weight is 406 g/mol. The van der Waals surface area contributed by atoms with Crippen molar-refractivity contribution < 1.29 is 14.6 Å². The predicted octanol–water partition coefficient (Wildman–Crippen LogP) is 4.32. The zero-order valence-electron chi connectivity index (χ0n) is 17.6. The zero-order valence-corrected chi connectivity index (χ0v) is 17.6. The molecular weight excluding hydrogens is 374 g/mol. The van der Waals surface area contributed by atoms with Gasteiger partial charge in [0.15, 0.2) is 0 Å². The van der Waals surface area contributed by atoms with E-state index in [2.05, 4.69) is 29.2 Å². The Morgan fingerprint density at radius 3 is 1.87 bits per heavy atom. The molecule has 158 valence electrons. The highest BCUT2D eigenvalue weighted by Crippen LogP contribution is 2.14. The summed E-state index contributed by atoms with van der Waals surface area (Å²) in [7, 11) is 1.71. The molecule has 0 saturated carbocycles. The molecule has 30 heavy (non-hydrogen) atoms. The smallest absolute Gasteiger partial charge is 0.119 e. The molecule has 3 aromatic rings. The minimum absolute atomic E-state index is 0.261. The van der Waals surface area contributed by atoms with E-state index in [1.807, 2.05) is 60.7 Å². The molecule has 1 atom stereocenters. The van der Waals surface area contributed by atoms with Gasteiger partial charge in [0.1, 0.15) is 18.5 Å². The van der Waals surface area contributed by atoms with Crippen molar-refractivity contribution in [1.82, 2.24) is 4.90 Å². The molecule has 0 aliphatic rings. The van der Waals surface area contributed by atoms with Gasteiger partial charge in [-0.05, 0) is 35.2 Å². The van der Waals surface area contributed by atoms with Crippen molar-refractivity contribution in [3.8, 4) is 5.75 Å². The molecule has 1 N–H and O–H groups in total. The molecule has 0 amide bonds. The molecule has 4 heteroatoms. The normalized spacial score (nSPS) is 12.1. The van der Waals surface area contributed by atoms with E-state index in [4.69, 9.17) is 9.47 Å². The van der Waals surface area contributed by atoms with Crippen LogP contribution >= 0.6 is 0 Å². The number of ether oxygens (including phenoxy) is 2. The standard InChI is InChI=1S/C26H31NO3/c1-29-17-16-22-12-14-26(15-13-22)30-21-25(28)20-27(18-23-8-4-2-5-9-23)19-24-10-6-3-7-11-24/h2-15,25,28H,16-21H2,1H3. The van der Waals surface area contributed by atoms with Gasteiger partial charge in [0, 0.05) is 26.7 Å². The number of aliphatic hydroxyl groups excluding tert-OH is 1. The first kappa shape index (κ1) is 22.0. The van der Waals surface area contributed by atoms with E-state index >= 15 is 0 Å². The van der Waals surface area contributed by atoms with Gasteiger partial charge in [-0.15, -0.1) is 0 Å². The van der Waals surface area contributed by atoms with Gasteiger partial charge in [-0.2, -0.15) is 0 Å². The Bertz CT molecular complexity index is 796. The summed E-state index contributed by atoms with van der Waals surface area (Å²) >= 11 is 0. The third-order valence-corrected chi connectivity index (χ3v) is 4.93. The highest BCUT2D eigenvalue weighted by Gasteiger charge is 2.14. The third-order valence-electron chi connectivity index (χ3n) is 4.93. The summed E-state index contributed by atoms with van der Waals surface area (Å²) in [4.78, 5) is 2.26. The first-order valence-corrected chi connectivity index (χ1v) is 10.4. The van der Waals surface area contributed by atoms with Crippen LogP contribution < -0.4 is 4.74 Å². The van der Waals surface area contributed by atoms with Crippen molar-refractivity contribution in [3.05, 3.63) is 102 Å². The fraction of sp³-hybridized carbons (Fsp3) is 0.308. The molecule has 1 unspecified atom stereocenters. The lowest BCUT2D eigenvalue weighted by Gasteiger charge is -2.25. The van der Waals surface area contributed by atoms with Gasteiger partial charge >= 0.3 is 0 Å². The van der Waals surface area contributed by atoms with Crippen molar-refractivity contribution in [2.45, 2.75) is 25.6 Å². The molecule has 0 fully saturated rings. The minimum atomic E-state index is -0.578. The molecule has 0 saturated heterocycles. The number of nitrogens with zero attached hydrogens (tertiary/aromatic N) is 1. The maximum Gasteiger partial charge on any atom is 0.119 e. The van der Waals surface area contributed by atoms with Gasteiger partial charge in [0.05, 0.1) is 6.61 Å². The van der Waals surface area contributed by atoms with Crippen molar-refractivity contribution in [1.29, 1.82) is 0 Å². The quantitative estimate of drug-likeness (QED) is 0.487. The first-order chi connectivity index (χ1) is 14.7. The maximum absolute atomic E-state index is 10.6. The van der Waals surface area contributed by atoms with Crippen LogP contribution in [0.2, 0.25) is 0 Å². The van der Waals surface area contributed by atoms with E-state index in [-0.39, 0.29) is 6.61 Å². The first-order valence-electron chi connectivity index (χ1n) is 10.4. The lowest BCUT2D eigenvalue weighted by atomic mass is 10.1. The Hall–Kier alpha value is -2.66. The van der Waals surface area contributed by atoms with Crippen LogP contribution in [0.4, 0.5) is 0 Å². The SMILES string of the molecule is COCCc1ccc(OCC(O)CN(Cc2ccccc2)Cc2ccccc2)cc1. The fourth-order valence-corrected chi connectivity index (χ4v) is 3.38. The Morgan fingerprint density at radius 1 is 0.767 bits per heavy atom. The highest BCUT2D eigenvalue weighted by molar-refractivity contribution is 5.27. The summed E-state index contributed by atoms with van der Waals surface area (Å²) < 4.78 is 10.9. The van der Waals surface area contributed by atoms with Crippen LogP contribution in [0.5, 0.6) is 5.75 Å². The van der Waals surface area contributed by atoms with Crippen molar-refractivity contribution in [3.63, 3.8) is 0 Å². The van der Waals surface area contributed by atoms with Crippen molar-refractivity contribution >= 4 is 0 Å². The number of hydrogen-bond donors (Lipinski definition) is 1. The second-order valence-corrected chi connectivity index (χ2v) is 7.49. The molecule has 0 aliphatic carbocycles. The molecule has 4 nitrogen and oxygen atoms in total. The van der Waals surface area contributed by atoms with E-state index in [0.717, 1.165) is 25.3 Å². The van der Waals surface area contributed by atoms with Gasteiger partial charge < -0.3 is 14.6 Å². The summed E-state index contributed by atoms with van der Waals surface area (Å²) in [6.45, 7) is 3.06. The highest BCUT2D eigenvalue weighted by atomic mass is 16.5. The monoisotopic (exact) mass is 405 g/mol. The fourth-order valence-electron chi connectivity index (χ4n) is 3.38. The van der Waals surface area contributed by atoms with Crippen LogP contribution in [0, 0.1) is 0 Å². The molecule has 0 heterocycles. The van der Waals surface area contributed by atoms with E-state index in [9.17, 15) is 5.11 Å². The Labute approximate surface area is 179 Å². The molecule has 3 rings (SSSR count). The second kappa shape index (κ2) is 12.1. The van der Waals surface area contributed by atoms with E-state index in [0.29, 0.717) is 13.2 Å². The minimum Gasteiger partial charge on any atom is -0.491 e. The molecule has 0 radical (unpaired) electrons. The lowest BCUT2D eigenvalue weighted by Crippen LogP contribution is -2.35. The topological polar surface area (TPSA) is 41.9 Å². The predicted molar refractivity (Wildman–Crippen MR) is 121 cm³/mol. The second-order valence-electron chi connectivity index (χ2n) is 7.49. The van der Waals surface area contributed by atoms with Gasteiger partial charge in [-0.3, -0.25) is 4.90 Å². The molecule has 0 spiro atoms. The molecule has 0 aromatic heterocycles. The van der Waals surface area contributed by atoms with Crippen LogP contribution in [0.1, 0.15) is 16.7 Å². The van der Waals surface area contributed by atoms with Crippen LogP contribution in [0.15, 0.2) is 84.9 Å². The number of hydrogen-bond acceptors (Lipinski definition) is 4. The van der Waals surface area contributed by atoms with Crippen LogP contribution in [0.3, 0.4) is 0 Å². The summed E-state index contributed by atoms with van der Waals surface area (Å²) in [6, 6.07) is 28.7. The molecular formula is C26H31NO3. The van der Waals surface area contributed by atoms with E-state index in [1.54, 1.807) is 7.11 Å². The summed E-state index contributed by atoms with van der Waals surface area (Å²) in [5.41, 5.74) is 3.67. The number of rotatable bonds is 12. The van der Waals surface area contributed by atoms with Crippen molar-refractivity contribution in [2.24, 2.45) is 0 Å². The third kappa shape index (κ3) is 7.64. The maximum atomic E-state index is 10.6. The summed E-state index contributed by atoms with van der Waals surface area (Å²) in [5, 5.41) is 10.6. The Balaban J connectivity index is 1.54. The van der Waals surface area contributed by atoms with E-state index in [1.165, 1.54) is 16.7 Å². The largest absolute Gasteiger partial charge is 0.491 e. The summed E-state index contributed by atoms with van der Waals surface area (Å²) in [6.07, 6.45) is 0.304. The molecule has 3 aromatic carbocycles. The Kier molecular flexibility index (Phi) is 8.91. The van der Waals surface area contributed by atoms with Crippen LogP contribution in [-0.4, -0.2) is 43.0 Å². The molecule has 0 bridgehead atoms. The number of aliphatic hydroxyl groups is 1.